The highest BCUT2D eigenvalue weighted by Gasteiger charge is 2.21. The van der Waals surface area contributed by atoms with Crippen molar-refractivity contribution in [3.8, 4) is 17.2 Å². The predicted octanol–water partition coefficient (Wildman–Crippen LogP) is 2.27. The molecule has 1 aromatic rings. The third-order valence-corrected chi connectivity index (χ3v) is 2.71. The van der Waals surface area contributed by atoms with Gasteiger partial charge in [-0.05, 0) is 5.92 Å². The van der Waals surface area contributed by atoms with Crippen molar-refractivity contribution >= 4 is 12.4 Å². The Balaban J connectivity index is 0.00000225. The van der Waals surface area contributed by atoms with E-state index in [2.05, 4.69) is 0 Å². The van der Waals surface area contributed by atoms with E-state index >= 15 is 0 Å². The molecule has 0 spiro atoms. The molecule has 92 valence electrons. The van der Waals surface area contributed by atoms with Crippen molar-refractivity contribution in [2.45, 2.75) is 26.3 Å². The van der Waals surface area contributed by atoms with Crippen LogP contribution in [-0.4, -0.2) is 15.3 Å². The molecule has 2 atom stereocenters. The minimum Gasteiger partial charge on any atom is -0.508 e. The summed E-state index contributed by atoms with van der Waals surface area (Å²) in [7, 11) is 0. The SMILES string of the molecule is CCC(C)[C@H](N)c1c(O)cc(O)cc1O.Cl. The molecule has 0 bridgehead atoms. The van der Waals surface area contributed by atoms with Crippen LogP contribution in [0.4, 0.5) is 0 Å². The molecule has 0 aromatic heterocycles. The maximum Gasteiger partial charge on any atom is 0.127 e. The van der Waals surface area contributed by atoms with Gasteiger partial charge < -0.3 is 21.1 Å². The van der Waals surface area contributed by atoms with Crippen LogP contribution in [0.1, 0.15) is 31.9 Å². The van der Waals surface area contributed by atoms with Crippen molar-refractivity contribution < 1.29 is 15.3 Å². The van der Waals surface area contributed by atoms with Gasteiger partial charge in [0, 0.05) is 18.2 Å². The first-order valence-corrected chi connectivity index (χ1v) is 4.97. The Kier molecular flexibility index (Phi) is 5.41. The maximum atomic E-state index is 9.59. The summed E-state index contributed by atoms with van der Waals surface area (Å²) in [6.07, 6.45) is 0.848. The monoisotopic (exact) mass is 247 g/mol. The fourth-order valence-electron chi connectivity index (χ4n) is 1.49. The van der Waals surface area contributed by atoms with Crippen LogP contribution in [0.2, 0.25) is 0 Å². The van der Waals surface area contributed by atoms with Gasteiger partial charge in [-0.2, -0.15) is 0 Å². The van der Waals surface area contributed by atoms with E-state index in [-0.39, 0.29) is 35.6 Å². The lowest BCUT2D eigenvalue weighted by molar-refractivity contribution is 0.383. The van der Waals surface area contributed by atoms with Crippen molar-refractivity contribution in [3.63, 3.8) is 0 Å². The van der Waals surface area contributed by atoms with Gasteiger partial charge in [0.2, 0.25) is 0 Å². The van der Waals surface area contributed by atoms with Crippen LogP contribution in [0.25, 0.3) is 0 Å². The zero-order valence-electron chi connectivity index (χ0n) is 9.34. The van der Waals surface area contributed by atoms with Crippen LogP contribution in [0, 0.1) is 5.92 Å². The summed E-state index contributed by atoms with van der Waals surface area (Å²) in [6, 6.07) is 1.92. The van der Waals surface area contributed by atoms with Crippen molar-refractivity contribution in [1.29, 1.82) is 0 Å². The molecule has 1 rings (SSSR count). The van der Waals surface area contributed by atoms with Gasteiger partial charge in [-0.25, -0.2) is 0 Å². The Labute approximate surface area is 101 Å². The Bertz CT molecular complexity index is 334. The first-order valence-electron chi connectivity index (χ1n) is 4.97. The first kappa shape index (κ1) is 14.9. The number of hydrogen-bond acceptors (Lipinski definition) is 4. The van der Waals surface area contributed by atoms with Gasteiger partial charge in [-0.3, -0.25) is 0 Å². The normalized spacial score (nSPS) is 13.9. The van der Waals surface area contributed by atoms with Gasteiger partial charge >= 0.3 is 0 Å². The summed E-state index contributed by atoms with van der Waals surface area (Å²) in [5.74, 6) is -0.364. The topological polar surface area (TPSA) is 86.7 Å². The van der Waals surface area contributed by atoms with Crippen LogP contribution in [0.15, 0.2) is 12.1 Å². The molecule has 5 N–H and O–H groups in total. The zero-order chi connectivity index (χ0) is 11.6. The molecule has 0 aliphatic carbocycles. The van der Waals surface area contributed by atoms with Gasteiger partial charge in [-0.15, -0.1) is 12.4 Å². The smallest absolute Gasteiger partial charge is 0.127 e. The minimum absolute atomic E-state index is 0. The van der Waals surface area contributed by atoms with Crippen LogP contribution >= 0.6 is 12.4 Å². The van der Waals surface area contributed by atoms with Gasteiger partial charge in [0.05, 0.1) is 5.56 Å². The predicted molar refractivity (Wildman–Crippen MR) is 65.1 cm³/mol. The van der Waals surface area contributed by atoms with E-state index in [4.69, 9.17) is 10.8 Å². The quantitative estimate of drug-likeness (QED) is 0.660. The molecule has 4 nitrogen and oxygen atoms in total. The van der Waals surface area contributed by atoms with E-state index in [1.165, 1.54) is 12.1 Å². The van der Waals surface area contributed by atoms with E-state index in [1.807, 2.05) is 13.8 Å². The maximum absolute atomic E-state index is 9.59. The number of halogens is 1. The highest BCUT2D eigenvalue weighted by atomic mass is 35.5. The second kappa shape index (κ2) is 5.82. The average Bonchev–Trinajstić information content (AvgIpc) is 2.14. The van der Waals surface area contributed by atoms with E-state index in [9.17, 15) is 10.2 Å². The molecule has 0 radical (unpaired) electrons. The van der Waals surface area contributed by atoms with Crippen molar-refractivity contribution in [2.24, 2.45) is 11.7 Å². The number of phenolic OH excluding ortho intramolecular Hbond substituents is 3. The molecular weight excluding hydrogens is 230 g/mol. The Morgan fingerprint density at radius 3 is 2.00 bits per heavy atom. The molecule has 0 saturated carbocycles. The summed E-state index contributed by atoms with van der Waals surface area (Å²) >= 11 is 0. The molecule has 0 saturated heterocycles. The molecule has 1 unspecified atom stereocenters. The lowest BCUT2D eigenvalue weighted by Gasteiger charge is -2.20. The first-order chi connectivity index (χ1) is 6.97. The number of nitrogens with two attached hydrogens (primary N) is 1. The summed E-state index contributed by atoms with van der Waals surface area (Å²) in [5, 5.41) is 28.3. The van der Waals surface area contributed by atoms with Crippen molar-refractivity contribution in [2.75, 3.05) is 0 Å². The summed E-state index contributed by atoms with van der Waals surface area (Å²) < 4.78 is 0. The van der Waals surface area contributed by atoms with Gasteiger partial charge in [0.25, 0.3) is 0 Å². The zero-order valence-corrected chi connectivity index (χ0v) is 10.2. The van der Waals surface area contributed by atoms with Crippen molar-refractivity contribution in [1.82, 2.24) is 0 Å². The minimum atomic E-state index is -0.435. The van der Waals surface area contributed by atoms with Crippen LogP contribution in [-0.2, 0) is 0 Å². The molecule has 0 amide bonds. The number of aromatic hydroxyl groups is 3. The summed E-state index contributed by atoms with van der Waals surface area (Å²) in [4.78, 5) is 0. The Hall–Kier alpha value is -1.13. The number of phenols is 3. The lowest BCUT2D eigenvalue weighted by Crippen LogP contribution is -2.18. The van der Waals surface area contributed by atoms with E-state index < -0.39 is 6.04 Å². The standard InChI is InChI=1S/C11H17NO3.ClH/c1-3-6(2)11(12)10-8(14)4-7(13)5-9(10)15;/h4-6,11,13-15H,3,12H2,1-2H3;1H/t6?,11-;/m0./s1. The highest BCUT2D eigenvalue weighted by molar-refractivity contribution is 5.85. The van der Waals surface area contributed by atoms with E-state index in [0.29, 0.717) is 5.56 Å². The van der Waals surface area contributed by atoms with Gasteiger partial charge in [0.1, 0.15) is 17.2 Å². The number of rotatable bonds is 3. The van der Waals surface area contributed by atoms with Gasteiger partial charge in [-0.1, -0.05) is 20.3 Å². The molecule has 1 aromatic carbocycles. The molecule has 5 heteroatoms. The molecule has 0 aliphatic rings. The number of hydrogen-bond donors (Lipinski definition) is 4. The van der Waals surface area contributed by atoms with Crippen LogP contribution < -0.4 is 5.73 Å². The van der Waals surface area contributed by atoms with Crippen molar-refractivity contribution in [3.05, 3.63) is 17.7 Å². The lowest BCUT2D eigenvalue weighted by atomic mass is 9.92. The molecule has 0 heterocycles. The average molecular weight is 248 g/mol. The third kappa shape index (κ3) is 2.93. The van der Waals surface area contributed by atoms with E-state index in [0.717, 1.165) is 6.42 Å². The largest absolute Gasteiger partial charge is 0.508 e. The van der Waals surface area contributed by atoms with E-state index in [1.54, 1.807) is 0 Å². The number of benzene rings is 1. The molecular formula is C11H18ClNO3. The fraction of sp³-hybridized carbons (Fsp3) is 0.455. The molecule has 0 aliphatic heterocycles. The highest BCUT2D eigenvalue weighted by Crippen LogP contribution is 2.38. The summed E-state index contributed by atoms with van der Waals surface area (Å²) in [5.41, 5.74) is 6.19. The second-order valence-electron chi connectivity index (χ2n) is 3.81. The molecule has 0 fully saturated rings. The van der Waals surface area contributed by atoms with Gasteiger partial charge in [0.15, 0.2) is 0 Å². The summed E-state index contributed by atoms with van der Waals surface area (Å²) in [6.45, 7) is 3.93. The molecule has 16 heavy (non-hydrogen) atoms. The van der Waals surface area contributed by atoms with Crippen LogP contribution in [0.3, 0.4) is 0 Å². The third-order valence-electron chi connectivity index (χ3n) is 2.71. The van der Waals surface area contributed by atoms with Crippen LogP contribution in [0.5, 0.6) is 17.2 Å². The fourth-order valence-corrected chi connectivity index (χ4v) is 1.49. The Morgan fingerprint density at radius 2 is 1.62 bits per heavy atom. The second-order valence-corrected chi connectivity index (χ2v) is 3.81. The Morgan fingerprint density at radius 1 is 1.19 bits per heavy atom.